The van der Waals surface area contributed by atoms with Gasteiger partial charge in [-0.15, -0.1) is 0 Å². The molecule has 0 aliphatic heterocycles. The maximum absolute atomic E-state index is 4.91. The van der Waals surface area contributed by atoms with Crippen molar-refractivity contribution < 1.29 is 15.7 Å². The summed E-state index contributed by atoms with van der Waals surface area (Å²) in [7, 11) is 0. The van der Waals surface area contributed by atoms with Crippen LogP contribution in [0.25, 0.3) is 0 Å². The van der Waals surface area contributed by atoms with E-state index >= 15 is 0 Å². The minimum absolute atomic E-state index is 3.25. The average Bonchev–Trinajstić information content (AvgIpc) is 0.722. The molecular weight excluding hydrogens is 121 g/mol. The molecule has 0 saturated carbocycles. The number of rotatable bonds is 0. The van der Waals surface area contributed by atoms with Crippen molar-refractivity contribution in [1.29, 1.82) is 0 Å². The van der Waals surface area contributed by atoms with Gasteiger partial charge in [0.1, 0.15) is 0 Å². The van der Waals surface area contributed by atoms with E-state index in [0.29, 0.717) is 0 Å². The zero-order valence-corrected chi connectivity index (χ0v) is 5.98. The summed E-state index contributed by atoms with van der Waals surface area (Å²) in [6.45, 7) is 0. The van der Waals surface area contributed by atoms with E-state index in [0.717, 1.165) is 0 Å². The molecule has 0 aliphatic rings. The van der Waals surface area contributed by atoms with Gasteiger partial charge in [-0.25, -0.2) is 0 Å². The van der Waals surface area contributed by atoms with Crippen LogP contribution in [0.5, 0.6) is 0 Å². The molecule has 5 heavy (non-hydrogen) atoms. The standard InChI is InChI=1S/4H2N.Zn/h4*1H2;/q4*-1;+4. The normalized spacial score (nSPS) is 8.80. The van der Waals surface area contributed by atoms with E-state index in [1.165, 1.54) is 0 Å². The Hall–Kier alpha value is 0.463. The molecule has 0 fully saturated rings. The molecule has 0 aliphatic carbocycles. The molecule has 30 valence electrons. The van der Waals surface area contributed by atoms with Crippen molar-refractivity contribution in [2.45, 2.75) is 0 Å². The van der Waals surface area contributed by atoms with E-state index in [2.05, 4.69) is 0 Å². The molecule has 0 bridgehead atoms. The zero-order chi connectivity index (χ0) is 4.50. The van der Waals surface area contributed by atoms with Crippen LogP contribution in [0.3, 0.4) is 0 Å². The van der Waals surface area contributed by atoms with Crippen LogP contribution in [0, 0.1) is 0 Å². The number of hydrogen-bond donors (Lipinski definition) is 4. The molecular formula is H8N4Zn. The molecule has 0 aromatic carbocycles. The Morgan fingerprint density at radius 2 is 0.800 bits per heavy atom. The van der Waals surface area contributed by atoms with Crippen molar-refractivity contribution in [3.05, 3.63) is 0 Å². The van der Waals surface area contributed by atoms with Crippen LogP contribution >= 0.6 is 0 Å². The quantitative estimate of drug-likeness (QED) is 0.275. The van der Waals surface area contributed by atoms with Crippen LogP contribution in [-0.2, 0) is 15.7 Å². The molecule has 0 saturated heterocycles. The van der Waals surface area contributed by atoms with E-state index in [4.69, 9.17) is 17.9 Å². The van der Waals surface area contributed by atoms with Crippen LogP contribution in [-0.4, -0.2) is 0 Å². The Morgan fingerprint density at radius 1 is 0.800 bits per heavy atom. The topological polar surface area (TPSA) is 104 Å². The Morgan fingerprint density at radius 3 is 0.800 bits per heavy atom. The monoisotopic (exact) mass is 128 g/mol. The Labute approximate surface area is 34.3 Å². The van der Waals surface area contributed by atoms with Gasteiger partial charge in [-0.3, -0.25) is 0 Å². The predicted molar refractivity (Wildman–Crippen MR) is 16.7 cm³/mol. The molecule has 4 nitrogen and oxygen atoms in total. The van der Waals surface area contributed by atoms with E-state index in [-0.39, 0.29) is 0 Å². The summed E-state index contributed by atoms with van der Waals surface area (Å²) >= 11 is -3.25. The van der Waals surface area contributed by atoms with Gasteiger partial charge in [0.15, 0.2) is 0 Å². The maximum atomic E-state index is 4.91. The van der Waals surface area contributed by atoms with Crippen molar-refractivity contribution >= 4 is 0 Å². The summed E-state index contributed by atoms with van der Waals surface area (Å²) in [6, 6.07) is 0. The van der Waals surface area contributed by atoms with Gasteiger partial charge in [0.25, 0.3) is 0 Å². The van der Waals surface area contributed by atoms with Crippen molar-refractivity contribution in [2.75, 3.05) is 0 Å². The first-order chi connectivity index (χ1) is 2.00. The molecule has 5 heteroatoms. The molecule has 8 N–H and O–H groups in total. The molecule has 0 aromatic rings. The summed E-state index contributed by atoms with van der Waals surface area (Å²) in [5.74, 6) is 0. The molecule has 0 rings (SSSR count). The summed E-state index contributed by atoms with van der Waals surface area (Å²) in [6.07, 6.45) is 0. The zero-order valence-electron chi connectivity index (χ0n) is 3.02. The summed E-state index contributed by atoms with van der Waals surface area (Å²) in [5.41, 5.74) is 0. The second-order valence-corrected chi connectivity index (χ2v) is 7.35. The van der Waals surface area contributed by atoms with E-state index in [1.54, 1.807) is 0 Å². The first-order valence-electron chi connectivity index (χ1n) is 1.63. The molecule has 0 aromatic heterocycles. The molecule has 0 amide bonds. The first-order valence-corrected chi connectivity index (χ1v) is 8.49. The van der Waals surface area contributed by atoms with E-state index < -0.39 is 15.7 Å². The van der Waals surface area contributed by atoms with Gasteiger partial charge < -0.3 is 0 Å². The van der Waals surface area contributed by atoms with Crippen LogP contribution < -0.4 is 17.9 Å². The number of nitrogens with two attached hydrogens (primary N) is 4. The van der Waals surface area contributed by atoms with Gasteiger partial charge >= 0.3 is 33.6 Å². The predicted octanol–water partition coefficient (Wildman–Crippen LogP) is -2.36. The van der Waals surface area contributed by atoms with E-state index in [9.17, 15) is 0 Å². The van der Waals surface area contributed by atoms with Crippen molar-refractivity contribution in [2.24, 2.45) is 17.9 Å². The minimum atomic E-state index is -3.25. The second kappa shape index (κ2) is 1.28. The van der Waals surface area contributed by atoms with Gasteiger partial charge in [-0.05, 0) is 0 Å². The van der Waals surface area contributed by atoms with Gasteiger partial charge in [0.05, 0.1) is 0 Å². The molecule has 0 atom stereocenters. The third-order valence-corrected chi connectivity index (χ3v) is 0. The first kappa shape index (κ1) is 5.46. The molecule has 0 heterocycles. The molecule has 0 radical (unpaired) electrons. The summed E-state index contributed by atoms with van der Waals surface area (Å²) in [5, 5.41) is 0. The van der Waals surface area contributed by atoms with Crippen LogP contribution in [0.1, 0.15) is 0 Å². The SMILES string of the molecule is [NH2][Zn]([NH2])([NH2])[NH2]. The van der Waals surface area contributed by atoms with Crippen LogP contribution in [0.15, 0.2) is 0 Å². The Kier molecular flexibility index (Phi) is 1.40. The van der Waals surface area contributed by atoms with Crippen LogP contribution in [0.4, 0.5) is 0 Å². The number of hydrogen-bond acceptors (Lipinski definition) is 4. The Bertz CT molecular complexity index is 19.1. The molecule has 0 unspecified atom stereocenters. The summed E-state index contributed by atoms with van der Waals surface area (Å²) in [4.78, 5) is 0. The molecule has 0 spiro atoms. The van der Waals surface area contributed by atoms with E-state index in [1.807, 2.05) is 0 Å². The van der Waals surface area contributed by atoms with Crippen molar-refractivity contribution in [1.82, 2.24) is 0 Å². The van der Waals surface area contributed by atoms with Crippen LogP contribution in [0.2, 0.25) is 0 Å². The Balaban J connectivity index is 3.02. The van der Waals surface area contributed by atoms with Gasteiger partial charge in [-0.1, -0.05) is 0 Å². The summed E-state index contributed by atoms with van der Waals surface area (Å²) < 4.78 is 19.6. The fourth-order valence-electron chi connectivity index (χ4n) is 0. The van der Waals surface area contributed by atoms with Gasteiger partial charge in [-0.2, -0.15) is 0 Å². The van der Waals surface area contributed by atoms with Crippen molar-refractivity contribution in [3.8, 4) is 0 Å². The van der Waals surface area contributed by atoms with Gasteiger partial charge in [0.2, 0.25) is 0 Å². The fraction of sp³-hybridized carbons (Fsp3) is 0. The third-order valence-electron chi connectivity index (χ3n) is 0. The fourth-order valence-corrected chi connectivity index (χ4v) is 0. The third kappa shape index (κ3) is 126. The van der Waals surface area contributed by atoms with Crippen molar-refractivity contribution in [3.63, 3.8) is 0 Å². The second-order valence-electron chi connectivity index (χ2n) is 1.41. The van der Waals surface area contributed by atoms with Gasteiger partial charge in [0, 0.05) is 0 Å². The average molecular weight is 129 g/mol.